The van der Waals surface area contributed by atoms with Gasteiger partial charge in [-0.2, -0.15) is 0 Å². The minimum Gasteiger partial charge on any atom is -0.313 e. The van der Waals surface area contributed by atoms with Gasteiger partial charge in [-0.15, -0.1) is 0 Å². The summed E-state index contributed by atoms with van der Waals surface area (Å²) in [5.74, 6) is 0. The van der Waals surface area contributed by atoms with E-state index in [1.807, 2.05) is 20.9 Å². The van der Waals surface area contributed by atoms with Crippen molar-refractivity contribution >= 4 is 0 Å². The van der Waals surface area contributed by atoms with Crippen LogP contribution < -0.4 is 5.32 Å². The first kappa shape index (κ1) is 10.2. The van der Waals surface area contributed by atoms with Crippen LogP contribution in [0.25, 0.3) is 0 Å². The molecule has 1 atom stereocenters. The highest BCUT2D eigenvalue weighted by Gasteiger charge is 2.07. The fourth-order valence-corrected chi connectivity index (χ4v) is 1.67. The normalized spacial score (nSPS) is 12.9. The molecule has 0 saturated carbocycles. The summed E-state index contributed by atoms with van der Waals surface area (Å²) in [6.07, 6.45) is 1.11. The SMILES string of the molecule is CCC(NC)c1cc(C)nc(C)c1. The molecule has 1 aromatic heterocycles. The largest absolute Gasteiger partial charge is 0.313 e. The van der Waals surface area contributed by atoms with Gasteiger partial charge in [-0.05, 0) is 45.0 Å². The summed E-state index contributed by atoms with van der Waals surface area (Å²) < 4.78 is 0. The summed E-state index contributed by atoms with van der Waals surface area (Å²) in [4.78, 5) is 4.36. The second-order valence-corrected chi connectivity index (χ2v) is 3.43. The van der Waals surface area contributed by atoms with E-state index >= 15 is 0 Å². The molecule has 13 heavy (non-hydrogen) atoms. The van der Waals surface area contributed by atoms with Gasteiger partial charge in [0.1, 0.15) is 0 Å². The lowest BCUT2D eigenvalue weighted by molar-refractivity contribution is 0.575. The fourth-order valence-electron chi connectivity index (χ4n) is 1.67. The Morgan fingerprint density at radius 3 is 2.23 bits per heavy atom. The second-order valence-electron chi connectivity index (χ2n) is 3.43. The molecule has 0 radical (unpaired) electrons. The predicted molar refractivity (Wildman–Crippen MR) is 55.8 cm³/mol. The Bertz CT molecular complexity index is 257. The molecule has 2 nitrogen and oxygen atoms in total. The zero-order chi connectivity index (χ0) is 9.84. The van der Waals surface area contributed by atoms with E-state index in [0.717, 1.165) is 17.8 Å². The molecule has 0 aliphatic rings. The van der Waals surface area contributed by atoms with Crippen molar-refractivity contribution in [2.45, 2.75) is 33.2 Å². The Morgan fingerprint density at radius 2 is 1.85 bits per heavy atom. The van der Waals surface area contributed by atoms with Crippen LogP contribution in [0.1, 0.15) is 36.3 Å². The molecule has 0 bridgehead atoms. The molecule has 1 rings (SSSR count). The summed E-state index contributed by atoms with van der Waals surface area (Å²) in [6, 6.07) is 4.76. The minimum absolute atomic E-state index is 0.459. The number of rotatable bonds is 3. The van der Waals surface area contributed by atoms with Crippen molar-refractivity contribution < 1.29 is 0 Å². The summed E-state index contributed by atoms with van der Waals surface area (Å²) >= 11 is 0. The Morgan fingerprint density at radius 1 is 1.31 bits per heavy atom. The van der Waals surface area contributed by atoms with Crippen LogP contribution in [0.15, 0.2) is 12.1 Å². The number of nitrogens with zero attached hydrogens (tertiary/aromatic N) is 1. The Hall–Kier alpha value is -0.890. The van der Waals surface area contributed by atoms with Gasteiger partial charge >= 0.3 is 0 Å². The van der Waals surface area contributed by atoms with Crippen LogP contribution in [0, 0.1) is 13.8 Å². The number of pyridine rings is 1. The summed E-state index contributed by atoms with van der Waals surface area (Å²) in [6.45, 7) is 6.27. The van der Waals surface area contributed by atoms with E-state index < -0.39 is 0 Å². The molecule has 0 saturated heterocycles. The van der Waals surface area contributed by atoms with Crippen LogP contribution in [0.4, 0.5) is 0 Å². The molecule has 1 heterocycles. The summed E-state index contributed by atoms with van der Waals surface area (Å²) in [7, 11) is 2.00. The number of aromatic nitrogens is 1. The molecule has 0 aliphatic carbocycles. The first-order valence-corrected chi connectivity index (χ1v) is 4.79. The highest BCUT2D eigenvalue weighted by atomic mass is 14.9. The van der Waals surface area contributed by atoms with Gasteiger partial charge in [0.2, 0.25) is 0 Å². The highest BCUT2D eigenvalue weighted by Crippen LogP contribution is 2.17. The van der Waals surface area contributed by atoms with Gasteiger partial charge in [-0.25, -0.2) is 0 Å². The standard InChI is InChI=1S/C11H18N2/c1-5-11(12-4)10-6-8(2)13-9(3)7-10/h6-7,11-12H,5H2,1-4H3. The summed E-state index contributed by atoms with van der Waals surface area (Å²) in [5.41, 5.74) is 3.54. The Kier molecular flexibility index (Phi) is 3.43. The van der Waals surface area contributed by atoms with Crippen LogP contribution in [0.5, 0.6) is 0 Å². The lowest BCUT2D eigenvalue weighted by atomic mass is 10.0. The topological polar surface area (TPSA) is 24.9 Å². The van der Waals surface area contributed by atoms with Crippen molar-refractivity contribution in [1.29, 1.82) is 0 Å². The zero-order valence-corrected chi connectivity index (χ0v) is 8.89. The monoisotopic (exact) mass is 178 g/mol. The van der Waals surface area contributed by atoms with Gasteiger partial charge in [-0.3, -0.25) is 4.98 Å². The predicted octanol–water partition coefficient (Wildman–Crippen LogP) is 2.37. The zero-order valence-electron chi connectivity index (χ0n) is 8.89. The Balaban J connectivity index is 2.99. The average Bonchev–Trinajstić information content (AvgIpc) is 2.04. The molecular formula is C11H18N2. The first-order valence-electron chi connectivity index (χ1n) is 4.79. The van der Waals surface area contributed by atoms with E-state index in [2.05, 4.69) is 29.4 Å². The van der Waals surface area contributed by atoms with Gasteiger partial charge in [0.15, 0.2) is 0 Å². The third kappa shape index (κ3) is 2.52. The van der Waals surface area contributed by atoms with E-state index in [0.29, 0.717) is 6.04 Å². The van der Waals surface area contributed by atoms with Gasteiger partial charge in [0.25, 0.3) is 0 Å². The molecule has 72 valence electrons. The molecule has 0 amide bonds. The first-order chi connectivity index (χ1) is 6.17. The maximum atomic E-state index is 4.36. The van der Waals surface area contributed by atoms with E-state index in [-0.39, 0.29) is 0 Å². The minimum atomic E-state index is 0.459. The van der Waals surface area contributed by atoms with Crippen LogP contribution in [0.2, 0.25) is 0 Å². The number of nitrogens with one attached hydrogen (secondary N) is 1. The molecule has 1 aromatic rings. The highest BCUT2D eigenvalue weighted by molar-refractivity contribution is 5.23. The van der Waals surface area contributed by atoms with Crippen molar-refractivity contribution in [3.8, 4) is 0 Å². The quantitative estimate of drug-likeness (QED) is 0.768. The molecule has 0 aliphatic heterocycles. The van der Waals surface area contributed by atoms with Gasteiger partial charge in [-0.1, -0.05) is 6.92 Å². The number of aryl methyl sites for hydroxylation is 2. The van der Waals surface area contributed by atoms with Crippen molar-refractivity contribution in [3.63, 3.8) is 0 Å². The molecule has 1 unspecified atom stereocenters. The lowest BCUT2D eigenvalue weighted by Crippen LogP contribution is -2.15. The smallest absolute Gasteiger partial charge is 0.0379 e. The molecule has 2 heteroatoms. The number of hydrogen-bond donors (Lipinski definition) is 1. The maximum absolute atomic E-state index is 4.36. The summed E-state index contributed by atoms with van der Waals surface area (Å²) in [5, 5.41) is 3.29. The molecule has 0 aromatic carbocycles. The van der Waals surface area contributed by atoms with Crippen molar-refractivity contribution in [3.05, 3.63) is 29.1 Å². The van der Waals surface area contributed by atoms with E-state index in [9.17, 15) is 0 Å². The van der Waals surface area contributed by atoms with Crippen molar-refractivity contribution in [1.82, 2.24) is 10.3 Å². The van der Waals surface area contributed by atoms with Crippen LogP contribution in [-0.2, 0) is 0 Å². The van der Waals surface area contributed by atoms with Crippen molar-refractivity contribution in [2.24, 2.45) is 0 Å². The third-order valence-electron chi connectivity index (χ3n) is 2.26. The Labute approximate surface area is 80.4 Å². The second kappa shape index (κ2) is 4.38. The van der Waals surface area contributed by atoms with E-state index in [1.165, 1.54) is 5.56 Å². The van der Waals surface area contributed by atoms with Crippen molar-refractivity contribution in [2.75, 3.05) is 7.05 Å². The van der Waals surface area contributed by atoms with E-state index in [1.54, 1.807) is 0 Å². The molecule has 1 N–H and O–H groups in total. The van der Waals surface area contributed by atoms with Crippen LogP contribution in [-0.4, -0.2) is 12.0 Å². The molecule has 0 fully saturated rings. The maximum Gasteiger partial charge on any atom is 0.0379 e. The van der Waals surface area contributed by atoms with Gasteiger partial charge in [0.05, 0.1) is 0 Å². The lowest BCUT2D eigenvalue weighted by Gasteiger charge is -2.15. The molecular weight excluding hydrogens is 160 g/mol. The molecule has 0 spiro atoms. The third-order valence-corrected chi connectivity index (χ3v) is 2.26. The number of hydrogen-bond acceptors (Lipinski definition) is 2. The van der Waals surface area contributed by atoms with Crippen LogP contribution >= 0.6 is 0 Å². The fraction of sp³-hybridized carbons (Fsp3) is 0.545. The van der Waals surface area contributed by atoms with Gasteiger partial charge in [0, 0.05) is 17.4 Å². The van der Waals surface area contributed by atoms with Crippen LogP contribution in [0.3, 0.4) is 0 Å². The van der Waals surface area contributed by atoms with E-state index in [4.69, 9.17) is 0 Å². The average molecular weight is 178 g/mol. The van der Waals surface area contributed by atoms with Gasteiger partial charge < -0.3 is 5.32 Å².